The number of benzene rings is 4. The monoisotopic (exact) mass is 543 g/mol. The van der Waals surface area contributed by atoms with E-state index in [0.717, 1.165) is 21.9 Å². The van der Waals surface area contributed by atoms with Gasteiger partial charge in [0.1, 0.15) is 5.58 Å². The zero-order valence-electron chi connectivity index (χ0n) is 16.3. The zero-order valence-corrected chi connectivity index (χ0v) is 18.7. The molecule has 0 saturated heterocycles. The molecule has 5 rings (SSSR count). The summed E-state index contributed by atoms with van der Waals surface area (Å²) in [6, 6.07) is 18.6. The summed E-state index contributed by atoms with van der Waals surface area (Å²) < 4.78 is 5.82. The fourth-order valence-electron chi connectivity index (χ4n) is 4.48. The maximum atomic E-state index is 5.82. The van der Waals surface area contributed by atoms with E-state index < -0.39 is 0 Å². The Balaban J connectivity index is 0.00000192. The van der Waals surface area contributed by atoms with E-state index in [1.165, 1.54) is 44.2 Å². The second-order valence-corrected chi connectivity index (χ2v) is 7.44. The second kappa shape index (κ2) is 6.84. The molecule has 28 heavy (non-hydrogen) atoms. The maximum Gasteiger partial charge on any atom is 0.171 e. The summed E-state index contributed by atoms with van der Waals surface area (Å²) in [5.41, 5.74) is 9.28. The Morgan fingerprint density at radius 2 is 1.64 bits per heavy atom. The van der Waals surface area contributed by atoms with Crippen molar-refractivity contribution in [3.05, 3.63) is 77.2 Å². The number of aryl methyl sites for hydroxylation is 4. The number of rotatable bonds is 1. The van der Waals surface area contributed by atoms with E-state index in [1.807, 2.05) is 6.07 Å². The Morgan fingerprint density at radius 1 is 0.893 bits per heavy atom. The van der Waals surface area contributed by atoms with Gasteiger partial charge in [0, 0.05) is 31.0 Å². The Morgan fingerprint density at radius 3 is 2.39 bits per heavy atom. The van der Waals surface area contributed by atoms with Crippen molar-refractivity contribution in [2.45, 2.75) is 27.7 Å². The third kappa shape index (κ3) is 2.62. The van der Waals surface area contributed by atoms with Crippen LogP contribution in [0.2, 0.25) is 0 Å². The first-order chi connectivity index (χ1) is 13.1. The van der Waals surface area contributed by atoms with Gasteiger partial charge in [0.25, 0.3) is 0 Å². The van der Waals surface area contributed by atoms with Gasteiger partial charge in [-0.05, 0) is 55.3 Å². The minimum absolute atomic E-state index is 0. The van der Waals surface area contributed by atoms with Gasteiger partial charge in [0.2, 0.25) is 0 Å². The first-order valence-corrected chi connectivity index (χ1v) is 9.23. The quantitative estimate of drug-likeness (QED) is 0.171. The molecule has 1 radical (unpaired) electrons. The molecule has 0 aliphatic rings. The number of nitrogens with zero attached hydrogens (tertiary/aromatic N) is 1. The van der Waals surface area contributed by atoms with Gasteiger partial charge in [-0.3, -0.25) is 4.98 Å². The van der Waals surface area contributed by atoms with Crippen molar-refractivity contribution < 1.29 is 24.5 Å². The molecule has 0 N–H and O–H groups in total. The van der Waals surface area contributed by atoms with Gasteiger partial charge in [-0.25, -0.2) is 0 Å². The normalized spacial score (nSPS) is 11.3. The molecule has 1 aromatic heterocycles. The minimum Gasteiger partial charge on any atom is -0.454 e. The molecule has 0 atom stereocenters. The van der Waals surface area contributed by atoms with Crippen LogP contribution in [0.3, 0.4) is 0 Å². The summed E-state index contributed by atoms with van der Waals surface area (Å²) in [5, 5.41) is 4.59. The molecule has 0 amide bonds. The zero-order chi connectivity index (χ0) is 18.7. The third-order valence-electron chi connectivity index (χ3n) is 5.53. The molecule has 0 aliphatic carbocycles. The van der Waals surface area contributed by atoms with E-state index in [9.17, 15) is 0 Å². The average molecular weight is 543 g/mol. The Bertz CT molecular complexity index is 1340. The maximum absolute atomic E-state index is 5.82. The van der Waals surface area contributed by atoms with Crippen molar-refractivity contribution in [3.8, 4) is 11.1 Å². The molecule has 0 aliphatic heterocycles. The molecule has 5 aromatic rings. The molecule has 0 spiro atoms. The average Bonchev–Trinajstić information content (AvgIpc) is 3.11. The van der Waals surface area contributed by atoms with Gasteiger partial charge >= 0.3 is 0 Å². The fraction of sp³-hybridized carbons (Fsp3) is 0.160. The molecule has 0 bridgehead atoms. The van der Waals surface area contributed by atoms with E-state index in [1.54, 1.807) is 6.39 Å². The summed E-state index contributed by atoms with van der Waals surface area (Å²) in [5.74, 6) is 0. The standard InChI is InChI=1S/C25H20NO.Ir/c1-14-11-17(4)22-20(12-14)23-18(21-15(2)7-5-8-16(21)3)9-6-10-19(23)24-25(22)27-13-26-24;/h5-9,11-13H,1-4H3;/q-1;. The van der Waals surface area contributed by atoms with Gasteiger partial charge in [0.05, 0.1) is 0 Å². The van der Waals surface area contributed by atoms with Crippen LogP contribution in [0, 0.1) is 33.8 Å². The Hall–Kier alpha value is -2.48. The van der Waals surface area contributed by atoms with Crippen LogP contribution in [0.4, 0.5) is 0 Å². The van der Waals surface area contributed by atoms with E-state index in [-0.39, 0.29) is 20.1 Å². The molecule has 0 fully saturated rings. The van der Waals surface area contributed by atoms with Crippen molar-refractivity contribution in [2.24, 2.45) is 0 Å². The first-order valence-electron chi connectivity index (χ1n) is 9.23. The van der Waals surface area contributed by atoms with Crippen molar-refractivity contribution in [1.29, 1.82) is 0 Å². The first kappa shape index (κ1) is 18.9. The minimum atomic E-state index is 0. The van der Waals surface area contributed by atoms with Crippen LogP contribution in [0.25, 0.3) is 43.8 Å². The molecule has 141 valence electrons. The topological polar surface area (TPSA) is 26.0 Å². The SMILES string of the molecule is Cc1cc(C)c2c(c1)c1c(-c3c(C)cccc3C)cc[c-]c1c1ncoc12.[Ir]. The number of oxazole rings is 1. The molecule has 4 aromatic carbocycles. The third-order valence-corrected chi connectivity index (χ3v) is 5.53. The van der Waals surface area contributed by atoms with Crippen LogP contribution < -0.4 is 0 Å². The van der Waals surface area contributed by atoms with Crippen LogP contribution in [-0.2, 0) is 20.1 Å². The van der Waals surface area contributed by atoms with Gasteiger partial charge in [-0.1, -0.05) is 46.8 Å². The van der Waals surface area contributed by atoms with Gasteiger partial charge < -0.3 is 4.42 Å². The summed E-state index contributed by atoms with van der Waals surface area (Å²) >= 11 is 0. The largest absolute Gasteiger partial charge is 0.454 e. The van der Waals surface area contributed by atoms with Crippen LogP contribution in [0.5, 0.6) is 0 Å². The second-order valence-electron chi connectivity index (χ2n) is 7.44. The summed E-state index contributed by atoms with van der Waals surface area (Å²) in [7, 11) is 0. The van der Waals surface area contributed by atoms with Crippen LogP contribution in [-0.4, -0.2) is 4.98 Å². The van der Waals surface area contributed by atoms with Crippen LogP contribution in [0.1, 0.15) is 22.3 Å². The molecule has 0 unspecified atom stereocenters. The van der Waals surface area contributed by atoms with E-state index in [4.69, 9.17) is 4.42 Å². The summed E-state index contributed by atoms with van der Waals surface area (Å²) in [6.07, 6.45) is 1.54. The summed E-state index contributed by atoms with van der Waals surface area (Å²) in [6.45, 7) is 8.65. The van der Waals surface area contributed by atoms with Crippen molar-refractivity contribution in [2.75, 3.05) is 0 Å². The molecule has 3 heteroatoms. The Kier molecular flexibility index (Phi) is 4.61. The molecular weight excluding hydrogens is 522 g/mol. The number of fused-ring (bicyclic) bond motifs is 6. The van der Waals surface area contributed by atoms with E-state index in [0.29, 0.717) is 0 Å². The summed E-state index contributed by atoms with van der Waals surface area (Å²) in [4.78, 5) is 4.54. The van der Waals surface area contributed by atoms with Gasteiger partial charge in [-0.2, -0.15) is 0 Å². The molecule has 2 nitrogen and oxygen atoms in total. The van der Waals surface area contributed by atoms with Crippen molar-refractivity contribution in [1.82, 2.24) is 4.98 Å². The smallest absolute Gasteiger partial charge is 0.171 e. The number of hydrogen-bond donors (Lipinski definition) is 0. The van der Waals surface area contributed by atoms with E-state index in [2.05, 4.69) is 75.1 Å². The van der Waals surface area contributed by atoms with Crippen LogP contribution >= 0.6 is 0 Å². The predicted octanol–water partition coefficient (Wildman–Crippen LogP) is 6.83. The predicted molar refractivity (Wildman–Crippen MR) is 112 cm³/mol. The van der Waals surface area contributed by atoms with Crippen LogP contribution in [0.15, 0.2) is 53.3 Å². The molecular formula is C25H20IrNO-. The van der Waals surface area contributed by atoms with Crippen molar-refractivity contribution >= 4 is 32.6 Å². The number of aromatic nitrogens is 1. The van der Waals surface area contributed by atoms with Gasteiger partial charge in [-0.15, -0.1) is 23.6 Å². The number of hydrogen-bond acceptors (Lipinski definition) is 2. The van der Waals surface area contributed by atoms with Gasteiger partial charge in [0.15, 0.2) is 6.39 Å². The van der Waals surface area contributed by atoms with E-state index >= 15 is 0 Å². The molecule has 1 heterocycles. The Labute approximate surface area is 177 Å². The fourth-order valence-corrected chi connectivity index (χ4v) is 4.48. The van der Waals surface area contributed by atoms with Crippen molar-refractivity contribution in [3.63, 3.8) is 0 Å². The molecule has 0 saturated carbocycles.